The molecule has 0 bridgehead atoms. The largest absolute Gasteiger partial charge is 0.480 e. The van der Waals surface area contributed by atoms with Crippen LogP contribution in [0.25, 0.3) is 0 Å². The van der Waals surface area contributed by atoms with Gasteiger partial charge in [0.2, 0.25) is 0 Å². The molecule has 3 N–H and O–H groups in total. The molecule has 0 heterocycles. The molecule has 0 spiro atoms. The van der Waals surface area contributed by atoms with E-state index in [0.717, 1.165) is 19.3 Å². The zero-order valence-electron chi connectivity index (χ0n) is 11.2. The molecule has 0 radical (unpaired) electrons. The number of alkyl carbamates (subject to hydrolysis) is 1. The molecule has 0 saturated carbocycles. The van der Waals surface area contributed by atoms with E-state index < -0.39 is 30.3 Å². The quantitative estimate of drug-likeness (QED) is 0.615. The second-order valence-corrected chi connectivity index (χ2v) is 4.51. The number of aliphatic carboxylic acids is 1. The highest BCUT2D eigenvalue weighted by molar-refractivity contribution is 5.80. The SMILES string of the molecule is CCCCC(C)(CC)OC(=O)N[C@@H](CO)C(=O)O. The molecule has 0 aromatic heterocycles. The Labute approximate surface area is 107 Å². The summed E-state index contributed by atoms with van der Waals surface area (Å²) in [6.07, 6.45) is 2.49. The number of carboxylic acid groups (broad SMARTS) is 1. The molecule has 18 heavy (non-hydrogen) atoms. The Kier molecular flexibility index (Phi) is 7.35. The summed E-state index contributed by atoms with van der Waals surface area (Å²) in [4.78, 5) is 22.2. The molecule has 1 unspecified atom stereocenters. The topological polar surface area (TPSA) is 95.9 Å². The molecule has 0 aliphatic carbocycles. The van der Waals surface area contributed by atoms with Gasteiger partial charge >= 0.3 is 12.1 Å². The van der Waals surface area contributed by atoms with Crippen molar-refractivity contribution in [2.24, 2.45) is 0 Å². The van der Waals surface area contributed by atoms with Crippen LogP contribution in [-0.2, 0) is 9.53 Å². The van der Waals surface area contributed by atoms with Crippen LogP contribution < -0.4 is 5.32 Å². The van der Waals surface area contributed by atoms with Crippen molar-refractivity contribution in [2.45, 2.75) is 58.1 Å². The van der Waals surface area contributed by atoms with Crippen molar-refractivity contribution < 1.29 is 24.5 Å². The van der Waals surface area contributed by atoms with Crippen LogP contribution in [0.3, 0.4) is 0 Å². The first-order valence-electron chi connectivity index (χ1n) is 6.21. The van der Waals surface area contributed by atoms with Gasteiger partial charge in [-0.15, -0.1) is 0 Å². The summed E-state index contributed by atoms with van der Waals surface area (Å²) in [5, 5.41) is 19.6. The maximum absolute atomic E-state index is 11.5. The number of aliphatic hydroxyl groups is 1. The molecular weight excluding hydrogens is 238 g/mol. The summed E-state index contributed by atoms with van der Waals surface area (Å²) < 4.78 is 5.25. The molecular formula is C12H23NO5. The maximum atomic E-state index is 11.5. The number of hydrogen-bond acceptors (Lipinski definition) is 4. The lowest BCUT2D eigenvalue weighted by atomic mass is 9.96. The molecule has 0 aromatic rings. The number of nitrogens with one attached hydrogen (secondary N) is 1. The smallest absolute Gasteiger partial charge is 0.408 e. The van der Waals surface area contributed by atoms with Gasteiger partial charge in [-0.2, -0.15) is 0 Å². The van der Waals surface area contributed by atoms with Crippen molar-refractivity contribution in [3.05, 3.63) is 0 Å². The number of carbonyl (C=O) groups is 2. The number of unbranched alkanes of at least 4 members (excludes halogenated alkanes) is 1. The van der Waals surface area contributed by atoms with Crippen molar-refractivity contribution in [2.75, 3.05) is 6.61 Å². The Balaban J connectivity index is 4.38. The van der Waals surface area contributed by atoms with Crippen molar-refractivity contribution in [3.8, 4) is 0 Å². The summed E-state index contributed by atoms with van der Waals surface area (Å²) in [5.41, 5.74) is -0.599. The molecule has 0 aliphatic rings. The number of rotatable bonds is 8. The molecule has 0 aliphatic heterocycles. The van der Waals surface area contributed by atoms with Crippen LogP contribution in [-0.4, -0.2) is 40.5 Å². The lowest BCUT2D eigenvalue weighted by molar-refractivity contribution is -0.140. The van der Waals surface area contributed by atoms with Crippen molar-refractivity contribution in [1.29, 1.82) is 0 Å². The Morgan fingerprint density at radius 3 is 2.39 bits per heavy atom. The average molecular weight is 261 g/mol. The van der Waals surface area contributed by atoms with Crippen molar-refractivity contribution in [1.82, 2.24) is 5.32 Å². The number of hydrogen-bond donors (Lipinski definition) is 3. The van der Waals surface area contributed by atoms with Crippen LogP contribution in [0.15, 0.2) is 0 Å². The van der Waals surface area contributed by atoms with E-state index >= 15 is 0 Å². The van der Waals surface area contributed by atoms with Crippen LogP contribution in [0.1, 0.15) is 46.5 Å². The van der Waals surface area contributed by atoms with Gasteiger partial charge in [0.15, 0.2) is 6.04 Å². The Hall–Kier alpha value is -1.30. The van der Waals surface area contributed by atoms with Gasteiger partial charge in [0, 0.05) is 0 Å². The molecule has 6 heteroatoms. The number of carboxylic acids is 1. The third kappa shape index (κ3) is 5.86. The van der Waals surface area contributed by atoms with Crippen LogP contribution >= 0.6 is 0 Å². The van der Waals surface area contributed by atoms with E-state index in [2.05, 4.69) is 5.32 Å². The number of aliphatic hydroxyl groups excluding tert-OH is 1. The molecule has 0 aromatic carbocycles. The van der Waals surface area contributed by atoms with Gasteiger partial charge < -0.3 is 20.3 Å². The summed E-state index contributed by atoms with van der Waals surface area (Å²) in [5.74, 6) is -1.29. The Morgan fingerprint density at radius 2 is 2.00 bits per heavy atom. The number of ether oxygens (including phenoxy) is 1. The van der Waals surface area contributed by atoms with Gasteiger partial charge in [0.1, 0.15) is 5.60 Å². The third-order valence-corrected chi connectivity index (χ3v) is 2.92. The number of carbonyl (C=O) groups excluding carboxylic acids is 1. The summed E-state index contributed by atoms with van der Waals surface area (Å²) in [7, 11) is 0. The minimum absolute atomic E-state index is 0.599. The van der Waals surface area contributed by atoms with Gasteiger partial charge in [-0.05, 0) is 26.2 Å². The molecule has 6 nitrogen and oxygen atoms in total. The van der Waals surface area contributed by atoms with Crippen LogP contribution in [0.4, 0.5) is 4.79 Å². The van der Waals surface area contributed by atoms with E-state index in [4.69, 9.17) is 14.9 Å². The van der Waals surface area contributed by atoms with Gasteiger partial charge in [0.25, 0.3) is 0 Å². The normalized spacial score (nSPS) is 15.6. The first-order chi connectivity index (χ1) is 8.38. The second kappa shape index (κ2) is 7.92. The zero-order valence-corrected chi connectivity index (χ0v) is 11.2. The highest BCUT2D eigenvalue weighted by Gasteiger charge is 2.28. The van der Waals surface area contributed by atoms with Crippen molar-refractivity contribution in [3.63, 3.8) is 0 Å². The lowest BCUT2D eigenvalue weighted by Crippen LogP contribution is -2.46. The van der Waals surface area contributed by atoms with Crippen LogP contribution in [0, 0.1) is 0 Å². The second-order valence-electron chi connectivity index (χ2n) is 4.51. The predicted molar refractivity (Wildman–Crippen MR) is 66.3 cm³/mol. The molecule has 0 saturated heterocycles. The Morgan fingerprint density at radius 1 is 1.39 bits per heavy atom. The van der Waals surface area contributed by atoms with E-state index in [-0.39, 0.29) is 0 Å². The first-order valence-corrected chi connectivity index (χ1v) is 6.21. The van der Waals surface area contributed by atoms with Gasteiger partial charge in [-0.25, -0.2) is 9.59 Å². The average Bonchev–Trinajstić information content (AvgIpc) is 2.33. The Bertz CT molecular complexity index is 282. The molecule has 1 amide bonds. The lowest BCUT2D eigenvalue weighted by Gasteiger charge is -2.29. The van der Waals surface area contributed by atoms with Crippen LogP contribution in [0.2, 0.25) is 0 Å². The van der Waals surface area contributed by atoms with Gasteiger partial charge in [-0.3, -0.25) is 0 Å². The third-order valence-electron chi connectivity index (χ3n) is 2.92. The predicted octanol–water partition coefficient (Wildman–Crippen LogP) is 1.52. The minimum Gasteiger partial charge on any atom is -0.480 e. The highest BCUT2D eigenvalue weighted by Crippen LogP contribution is 2.22. The molecule has 0 fully saturated rings. The first kappa shape index (κ1) is 16.7. The number of amides is 1. The molecule has 106 valence electrons. The zero-order chi connectivity index (χ0) is 14.2. The maximum Gasteiger partial charge on any atom is 0.408 e. The van der Waals surface area contributed by atoms with E-state index in [1.54, 1.807) is 0 Å². The van der Waals surface area contributed by atoms with Crippen LogP contribution in [0.5, 0.6) is 0 Å². The van der Waals surface area contributed by atoms with Crippen molar-refractivity contribution >= 4 is 12.1 Å². The summed E-state index contributed by atoms with van der Waals surface area (Å²) in [6.45, 7) is 5.10. The van der Waals surface area contributed by atoms with E-state index in [0.29, 0.717) is 6.42 Å². The highest BCUT2D eigenvalue weighted by atomic mass is 16.6. The molecule has 0 rings (SSSR count). The van der Waals surface area contributed by atoms with E-state index in [1.165, 1.54) is 0 Å². The van der Waals surface area contributed by atoms with Gasteiger partial charge in [-0.1, -0.05) is 20.3 Å². The monoisotopic (exact) mass is 261 g/mol. The molecule has 2 atom stereocenters. The fraction of sp³-hybridized carbons (Fsp3) is 0.833. The fourth-order valence-corrected chi connectivity index (χ4v) is 1.43. The fourth-order valence-electron chi connectivity index (χ4n) is 1.43. The summed E-state index contributed by atoms with van der Waals surface area (Å²) >= 11 is 0. The minimum atomic E-state index is -1.33. The standard InChI is InChI=1S/C12H23NO5/c1-4-6-7-12(3,5-2)18-11(17)13-9(8-14)10(15)16/h9,14H,4-8H2,1-3H3,(H,13,17)(H,15,16)/t9-,12?/m0/s1. The van der Waals surface area contributed by atoms with Gasteiger partial charge in [0.05, 0.1) is 6.61 Å². The van der Waals surface area contributed by atoms with E-state index in [1.807, 2.05) is 20.8 Å². The van der Waals surface area contributed by atoms with E-state index in [9.17, 15) is 9.59 Å². The summed E-state index contributed by atoms with van der Waals surface area (Å²) in [6, 6.07) is -1.33.